The largest absolute Gasteiger partial charge is 0.493 e. The highest BCUT2D eigenvalue weighted by Gasteiger charge is 2.14. The Balaban J connectivity index is 2.04. The summed E-state index contributed by atoms with van der Waals surface area (Å²) in [5.41, 5.74) is 0.597. The van der Waals surface area contributed by atoms with E-state index in [1.54, 1.807) is 30.3 Å². The van der Waals surface area contributed by atoms with Crippen LogP contribution in [-0.4, -0.2) is 33.3 Å². The number of carbonyl (C=O) groups excluding carboxylic acids is 1. The van der Waals surface area contributed by atoms with Gasteiger partial charge in [0.15, 0.2) is 18.1 Å². The lowest BCUT2D eigenvalue weighted by molar-refractivity contribution is -0.118. The first-order valence-corrected chi connectivity index (χ1v) is 7.55. The Kier molecular flexibility index (Phi) is 6.31. The fourth-order valence-corrected chi connectivity index (χ4v) is 2.13. The SMILES string of the molecule is CCOc1ccccc1NC(=O)COc1c(OC)cccc1OC. The number of hydrogen-bond donors (Lipinski definition) is 1. The van der Waals surface area contributed by atoms with Crippen LogP contribution in [-0.2, 0) is 4.79 Å². The van der Waals surface area contributed by atoms with Crippen LogP contribution in [0.3, 0.4) is 0 Å². The van der Waals surface area contributed by atoms with Gasteiger partial charge in [-0.05, 0) is 31.2 Å². The Morgan fingerprint density at radius 3 is 2.17 bits per heavy atom. The van der Waals surface area contributed by atoms with E-state index in [2.05, 4.69) is 5.32 Å². The maximum absolute atomic E-state index is 12.2. The quantitative estimate of drug-likeness (QED) is 0.805. The number of nitrogens with one attached hydrogen (secondary N) is 1. The molecular formula is C18H21NO5. The van der Waals surface area contributed by atoms with Gasteiger partial charge in [-0.1, -0.05) is 18.2 Å². The molecule has 128 valence electrons. The molecule has 2 aromatic rings. The molecule has 6 heteroatoms. The van der Waals surface area contributed by atoms with E-state index in [-0.39, 0.29) is 12.5 Å². The smallest absolute Gasteiger partial charge is 0.262 e. The van der Waals surface area contributed by atoms with Crippen molar-refractivity contribution < 1.29 is 23.7 Å². The maximum Gasteiger partial charge on any atom is 0.262 e. The lowest BCUT2D eigenvalue weighted by Crippen LogP contribution is -2.21. The first-order valence-electron chi connectivity index (χ1n) is 7.55. The Morgan fingerprint density at radius 2 is 1.54 bits per heavy atom. The number of ether oxygens (including phenoxy) is 4. The molecule has 2 aromatic carbocycles. The normalized spacial score (nSPS) is 9.96. The van der Waals surface area contributed by atoms with E-state index in [0.717, 1.165) is 0 Å². The molecule has 0 bridgehead atoms. The number of amides is 1. The van der Waals surface area contributed by atoms with Crippen LogP contribution < -0.4 is 24.3 Å². The van der Waals surface area contributed by atoms with E-state index < -0.39 is 0 Å². The summed E-state index contributed by atoms with van der Waals surface area (Å²) in [5, 5.41) is 2.77. The van der Waals surface area contributed by atoms with Crippen molar-refractivity contribution in [2.45, 2.75) is 6.92 Å². The Labute approximate surface area is 141 Å². The van der Waals surface area contributed by atoms with Gasteiger partial charge in [-0.25, -0.2) is 0 Å². The number of hydrogen-bond acceptors (Lipinski definition) is 5. The standard InChI is InChI=1S/C18H21NO5/c1-4-23-14-9-6-5-8-13(14)19-17(20)12-24-18-15(21-2)10-7-11-16(18)22-3/h5-11H,4,12H2,1-3H3,(H,19,20). The molecule has 0 aromatic heterocycles. The van der Waals surface area contributed by atoms with Crippen molar-refractivity contribution >= 4 is 11.6 Å². The Morgan fingerprint density at radius 1 is 0.917 bits per heavy atom. The van der Waals surface area contributed by atoms with Crippen molar-refractivity contribution in [2.75, 3.05) is 32.8 Å². The number of anilines is 1. The van der Waals surface area contributed by atoms with Crippen LogP contribution in [0.1, 0.15) is 6.92 Å². The van der Waals surface area contributed by atoms with Gasteiger partial charge in [-0.15, -0.1) is 0 Å². The molecule has 1 N–H and O–H groups in total. The van der Waals surface area contributed by atoms with Crippen molar-refractivity contribution in [2.24, 2.45) is 0 Å². The predicted octanol–water partition coefficient (Wildman–Crippen LogP) is 3.12. The molecule has 6 nitrogen and oxygen atoms in total. The Hall–Kier alpha value is -2.89. The van der Waals surface area contributed by atoms with Crippen LogP contribution in [0.4, 0.5) is 5.69 Å². The van der Waals surface area contributed by atoms with E-state index >= 15 is 0 Å². The fraction of sp³-hybridized carbons (Fsp3) is 0.278. The second-order valence-corrected chi connectivity index (χ2v) is 4.76. The molecule has 0 aliphatic heterocycles. The van der Waals surface area contributed by atoms with Gasteiger partial charge in [0, 0.05) is 0 Å². The first kappa shape index (κ1) is 17.5. The van der Waals surface area contributed by atoms with Gasteiger partial charge in [0.1, 0.15) is 5.75 Å². The minimum atomic E-state index is -0.310. The summed E-state index contributed by atoms with van der Waals surface area (Å²) >= 11 is 0. The molecule has 0 atom stereocenters. The summed E-state index contributed by atoms with van der Waals surface area (Å²) in [7, 11) is 3.06. The van der Waals surface area contributed by atoms with Gasteiger partial charge in [-0.2, -0.15) is 0 Å². The molecule has 0 saturated heterocycles. The van der Waals surface area contributed by atoms with Crippen LogP contribution in [0.25, 0.3) is 0 Å². The van der Waals surface area contributed by atoms with Gasteiger partial charge in [-0.3, -0.25) is 4.79 Å². The molecule has 0 saturated carbocycles. The Bertz CT molecular complexity index is 665. The van der Waals surface area contributed by atoms with Crippen LogP contribution in [0.2, 0.25) is 0 Å². The third kappa shape index (κ3) is 4.32. The monoisotopic (exact) mass is 331 g/mol. The number of para-hydroxylation sites is 3. The van der Waals surface area contributed by atoms with Gasteiger partial charge in [0.25, 0.3) is 5.91 Å². The lowest BCUT2D eigenvalue weighted by Gasteiger charge is -2.15. The first-order chi connectivity index (χ1) is 11.7. The summed E-state index contributed by atoms with van der Waals surface area (Å²) in [4.78, 5) is 12.2. The summed E-state index contributed by atoms with van der Waals surface area (Å²) in [6.07, 6.45) is 0. The third-order valence-electron chi connectivity index (χ3n) is 3.19. The highest BCUT2D eigenvalue weighted by Crippen LogP contribution is 2.36. The molecule has 2 rings (SSSR count). The van der Waals surface area contributed by atoms with Gasteiger partial charge in [0.2, 0.25) is 5.75 Å². The summed E-state index contributed by atoms with van der Waals surface area (Å²) in [6, 6.07) is 12.5. The number of rotatable bonds is 8. The highest BCUT2D eigenvalue weighted by atomic mass is 16.5. The molecule has 24 heavy (non-hydrogen) atoms. The zero-order chi connectivity index (χ0) is 17.4. The summed E-state index contributed by atoms with van der Waals surface area (Å²) in [5.74, 6) is 1.68. The van der Waals surface area contributed by atoms with Crippen LogP contribution in [0.5, 0.6) is 23.0 Å². The molecule has 0 unspecified atom stereocenters. The number of benzene rings is 2. The second kappa shape index (κ2) is 8.67. The molecule has 0 aliphatic rings. The number of methoxy groups -OCH3 is 2. The topological polar surface area (TPSA) is 66.0 Å². The molecule has 0 radical (unpaired) electrons. The zero-order valence-electron chi connectivity index (χ0n) is 14.0. The van der Waals surface area contributed by atoms with E-state index in [4.69, 9.17) is 18.9 Å². The zero-order valence-corrected chi connectivity index (χ0v) is 14.0. The molecule has 0 heterocycles. The van der Waals surface area contributed by atoms with E-state index in [0.29, 0.717) is 35.3 Å². The van der Waals surface area contributed by atoms with Crippen LogP contribution in [0, 0.1) is 0 Å². The van der Waals surface area contributed by atoms with E-state index in [9.17, 15) is 4.79 Å². The molecule has 0 fully saturated rings. The van der Waals surface area contributed by atoms with Gasteiger partial charge >= 0.3 is 0 Å². The van der Waals surface area contributed by atoms with E-state index in [1.807, 2.05) is 19.1 Å². The predicted molar refractivity (Wildman–Crippen MR) is 91.3 cm³/mol. The lowest BCUT2D eigenvalue weighted by atomic mass is 10.3. The molecular weight excluding hydrogens is 310 g/mol. The van der Waals surface area contributed by atoms with Crippen molar-refractivity contribution in [3.63, 3.8) is 0 Å². The second-order valence-electron chi connectivity index (χ2n) is 4.76. The van der Waals surface area contributed by atoms with Gasteiger partial charge in [0.05, 0.1) is 26.5 Å². The summed E-state index contributed by atoms with van der Waals surface area (Å²) < 4.78 is 21.5. The summed E-state index contributed by atoms with van der Waals surface area (Å²) in [6.45, 7) is 2.22. The minimum absolute atomic E-state index is 0.183. The molecule has 0 aliphatic carbocycles. The van der Waals surface area contributed by atoms with Crippen molar-refractivity contribution in [1.82, 2.24) is 0 Å². The van der Waals surface area contributed by atoms with Crippen molar-refractivity contribution in [3.05, 3.63) is 42.5 Å². The fourth-order valence-electron chi connectivity index (χ4n) is 2.13. The number of carbonyl (C=O) groups is 1. The highest BCUT2D eigenvalue weighted by molar-refractivity contribution is 5.93. The maximum atomic E-state index is 12.2. The molecule has 1 amide bonds. The average molecular weight is 331 g/mol. The van der Waals surface area contributed by atoms with Crippen molar-refractivity contribution in [1.29, 1.82) is 0 Å². The molecule has 0 spiro atoms. The van der Waals surface area contributed by atoms with Crippen LogP contribution >= 0.6 is 0 Å². The van der Waals surface area contributed by atoms with E-state index in [1.165, 1.54) is 14.2 Å². The van der Waals surface area contributed by atoms with Gasteiger partial charge < -0.3 is 24.3 Å². The average Bonchev–Trinajstić information content (AvgIpc) is 2.61. The van der Waals surface area contributed by atoms with Crippen molar-refractivity contribution in [3.8, 4) is 23.0 Å². The van der Waals surface area contributed by atoms with Crippen LogP contribution in [0.15, 0.2) is 42.5 Å². The third-order valence-corrected chi connectivity index (χ3v) is 3.19. The minimum Gasteiger partial charge on any atom is -0.493 e.